The second-order valence-corrected chi connectivity index (χ2v) is 6.68. The van der Waals surface area contributed by atoms with Gasteiger partial charge in [0.25, 0.3) is 0 Å². The van der Waals surface area contributed by atoms with Crippen molar-refractivity contribution in [3.8, 4) is 6.07 Å². The van der Waals surface area contributed by atoms with Gasteiger partial charge < -0.3 is 19.7 Å². The van der Waals surface area contributed by atoms with Gasteiger partial charge in [-0.05, 0) is 33.1 Å². The van der Waals surface area contributed by atoms with Crippen LogP contribution in [0.15, 0.2) is 0 Å². The van der Waals surface area contributed by atoms with E-state index < -0.39 is 18.0 Å². The van der Waals surface area contributed by atoms with Crippen molar-refractivity contribution in [1.29, 1.82) is 5.26 Å². The summed E-state index contributed by atoms with van der Waals surface area (Å²) < 4.78 is 9.99. The zero-order valence-corrected chi connectivity index (χ0v) is 16.0. The summed E-state index contributed by atoms with van der Waals surface area (Å²) in [5, 5.41) is 12.4. The van der Waals surface area contributed by atoms with E-state index >= 15 is 0 Å². The summed E-state index contributed by atoms with van der Waals surface area (Å²) in [4.78, 5) is 39.9. The average Bonchev–Trinajstić information content (AvgIpc) is 3.30. The Kier molecular flexibility index (Phi) is 8.00. The first-order chi connectivity index (χ1) is 13.0. The molecule has 0 aromatic heterocycles. The lowest BCUT2D eigenvalue weighted by atomic mass is 10.1. The van der Waals surface area contributed by atoms with Crippen LogP contribution in [0.4, 0.5) is 0 Å². The van der Waals surface area contributed by atoms with Gasteiger partial charge in [0.15, 0.2) is 0 Å². The minimum absolute atomic E-state index is 0.0373. The molecule has 27 heavy (non-hydrogen) atoms. The third-order valence-corrected chi connectivity index (χ3v) is 4.88. The molecule has 0 spiro atoms. The highest BCUT2D eigenvalue weighted by atomic mass is 16.5. The maximum absolute atomic E-state index is 12.7. The summed E-state index contributed by atoms with van der Waals surface area (Å²) in [5.41, 5.74) is 0. The lowest BCUT2D eigenvalue weighted by Gasteiger charge is -2.27. The third kappa shape index (κ3) is 5.65. The molecule has 9 nitrogen and oxygen atoms in total. The molecule has 2 aliphatic rings. The molecule has 2 aliphatic heterocycles. The van der Waals surface area contributed by atoms with Crippen LogP contribution in [0.2, 0.25) is 0 Å². The number of nitrogens with one attached hydrogen (secondary N) is 1. The van der Waals surface area contributed by atoms with Crippen molar-refractivity contribution >= 4 is 17.8 Å². The number of nitrogens with zero attached hydrogens (tertiary/aromatic N) is 3. The van der Waals surface area contributed by atoms with Crippen LogP contribution in [-0.4, -0.2) is 85.2 Å². The molecule has 0 aliphatic carbocycles. The zero-order chi connectivity index (χ0) is 19.8. The predicted octanol–water partition coefficient (Wildman–Crippen LogP) is -0.340. The molecule has 0 saturated carbocycles. The Hall–Kier alpha value is -2.18. The Morgan fingerprint density at radius 2 is 1.81 bits per heavy atom. The van der Waals surface area contributed by atoms with E-state index in [4.69, 9.17) is 9.47 Å². The molecule has 0 bridgehead atoms. The van der Waals surface area contributed by atoms with Gasteiger partial charge >= 0.3 is 11.9 Å². The van der Waals surface area contributed by atoms with Gasteiger partial charge in [-0.2, -0.15) is 5.26 Å². The number of ether oxygens (including phenoxy) is 2. The van der Waals surface area contributed by atoms with Crippen LogP contribution in [0.1, 0.15) is 33.1 Å². The smallest absolute Gasteiger partial charge is 0.320 e. The predicted molar refractivity (Wildman–Crippen MR) is 95.4 cm³/mol. The zero-order valence-electron chi connectivity index (χ0n) is 16.0. The number of rotatable bonds is 8. The summed E-state index contributed by atoms with van der Waals surface area (Å²) in [5.74, 6) is -0.921. The van der Waals surface area contributed by atoms with Gasteiger partial charge in [-0.1, -0.05) is 0 Å². The van der Waals surface area contributed by atoms with Crippen LogP contribution in [0.5, 0.6) is 0 Å². The molecule has 0 radical (unpaired) electrons. The summed E-state index contributed by atoms with van der Waals surface area (Å²) in [6.45, 7) is 4.97. The number of hydrogen-bond donors (Lipinski definition) is 1. The van der Waals surface area contributed by atoms with Gasteiger partial charge in [0.2, 0.25) is 5.91 Å². The fourth-order valence-corrected chi connectivity index (χ4v) is 3.61. The standard InChI is InChI=1S/C18H28N4O5/c1-3-26-16(23)11-21(12-17(24)27-4-2)14-8-15(20-10-14)18(25)22-7-5-6-13(22)9-19/h13-15,20H,3-8,10-12H2,1-2H3/t13-,14-,15-/m0/s1. The van der Waals surface area contributed by atoms with E-state index in [0.29, 0.717) is 25.9 Å². The van der Waals surface area contributed by atoms with E-state index in [1.165, 1.54) is 0 Å². The first-order valence-electron chi connectivity index (χ1n) is 9.48. The summed E-state index contributed by atoms with van der Waals surface area (Å²) in [6, 6.07) is 1.22. The highest BCUT2D eigenvalue weighted by molar-refractivity contribution is 5.83. The van der Waals surface area contributed by atoms with Gasteiger partial charge in [-0.25, -0.2) is 0 Å². The number of esters is 2. The molecule has 0 aromatic carbocycles. The van der Waals surface area contributed by atoms with Crippen LogP contribution in [0, 0.1) is 11.3 Å². The molecule has 1 amide bonds. The quantitative estimate of drug-likeness (QED) is 0.569. The van der Waals surface area contributed by atoms with E-state index in [2.05, 4.69) is 11.4 Å². The molecule has 1 N–H and O–H groups in total. The number of carbonyl (C=O) groups excluding carboxylic acids is 3. The van der Waals surface area contributed by atoms with Crippen molar-refractivity contribution in [2.45, 2.75) is 51.2 Å². The Labute approximate surface area is 159 Å². The summed E-state index contributed by atoms with van der Waals surface area (Å²) >= 11 is 0. The number of likely N-dealkylation sites (tertiary alicyclic amines) is 1. The summed E-state index contributed by atoms with van der Waals surface area (Å²) in [6.07, 6.45) is 2.00. The van der Waals surface area contributed by atoms with Crippen LogP contribution in [0.3, 0.4) is 0 Å². The van der Waals surface area contributed by atoms with Crippen molar-refractivity contribution in [1.82, 2.24) is 15.1 Å². The van der Waals surface area contributed by atoms with Crippen molar-refractivity contribution in [2.75, 3.05) is 39.4 Å². The molecular formula is C18H28N4O5. The first kappa shape index (κ1) is 21.1. The average molecular weight is 380 g/mol. The van der Waals surface area contributed by atoms with Gasteiger partial charge in [0.05, 0.1) is 38.4 Å². The first-order valence-corrected chi connectivity index (χ1v) is 9.48. The normalized spacial score (nSPS) is 24.7. The summed E-state index contributed by atoms with van der Waals surface area (Å²) in [7, 11) is 0. The molecular weight excluding hydrogens is 352 g/mol. The molecule has 2 rings (SSSR count). The van der Waals surface area contributed by atoms with Crippen LogP contribution in [0.25, 0.3) is 0 Å². The Morgan fingerprint density at radius 1 is 1.19 bits per heavy atom. The molecule has 2 saturated heterocycles. The van der Waals surface area contributed by atoms with Gasteiger partial charge in [-0.15, -0.1) is 0 Å². The second-order valence-electron chi connectivity index (χ2n) is 6.68. The molecule has 2 heterocycles. The Balaban J connectivity index is 1.99. The van der Waals surface area contributed by atoms with Gasteiger partial charge in [0, 0.05) is 19.1 Å². The fraction of sp³-hybridized carbons (Fsp3) is 0.778. The molecule has 150 valence electrons. The molecule has 2 fully saturated rings. The van der Waals surface area contributed by atoms with Crippen LogP contribution >= 0.6 is 0 Å². The SMILES string of the molecule is CCOC(=O)CN(CC(=O)OCC)[C@@H]1CN[C@H](C(=O)N2CCC[C@H]2C#N)C1. The van der Waals surface area contributed by atoms with Gasteiger partial charge in [0.1, 0.15) is 6.04 Å². The van der Waals surface area contributed by atoms with Crippen molar-refractivity contribution in [2.24, 2.45) is 0 Å². The Morgan fingerprint density at radius 3 is 2.37 bits per heavy atom. The van der Waals surface area contributed by atoms with Crippen LogP contribution < -0.4 is 5.32 Å². The lowest BCUT2D eigenvalue weighted by Crippen LogP contribution is -2.45. The largest absolute Gasteiger partial charge is 0.465 e. The molecule has 3 atom stereocenters. The number of carbonyl (C=O) groups is 3. The number of amides is 1. The van der Waals surface area contributed by atoms with E-state index in [-0.39, 0.29) is 44.3 Å². The van der Waals surface area contributed by atoms with Crippen LogP contribution in [-0.2, 0) is 23.9 Å². The third-order valence-electron chi connectivity index (χ3n) is 4.88. The topological polar surface area (TPSA) is 112 Å². The number of nitriles is 1. The maximum Gasteiger partial charge on any atom is 0.320 e. The molecule has 0 unspecified atom stereocenters. The van der Waals surface area contributed by atoms with E-state index in [0.717, 1.165) is 6.42 Å². The lowest BCUT2D eigenvalue weighted by molar-refractivity contribution is -0.149. The highest BCUT2D eigenvalue weighted by Gasteiger charge is 2.39. The van der Waals surface area contributed by atoms with Crippen molar-refractivity contribution < 1.29 is 23.9 Å². The minimum atomic E-state index is -0.421. The number of hydrogen-bond acceptors (Lipinski definition) is 8. The maximum atomic E-state index is 12.7. The Bertz CT molecular complexity index is 571. The van der Waals surface area contributed by atoms with Crippen molar-refractivity contribution in [3.63, 3.8) is 0 Å². The van der Waals surface area contributed by atoms with Crippen molar-refractivity contribution in [3.05, 3.63) is 0 Å². The fourth-order valence-electron chi connectivity index (χ4n) is 3.61. The highest BCUT2D eigenvalue weighted by Crippen LogP contribution is 2.22. The monoisotopic (exact) mass is 380 g/mol. The van der Waals surface area contributed by atoms with Gasteiger partial charge in [-0.3, -0.25) is 19.3 Å². The van der Waals surface area contributed by atoms with E-state index in [9.17, 15) is 19.6 Å². The molecule has 9 heteroatoms. The van der Waals surface area contributed by atoms with E-state index in [1.807, 2.05) is 0 Å². The van der Waals surface area contributed by atoms with E-state index in [1.54, 1.807) is 23.6 Å². The molecule has 0 aromatic rings. The minimum Gasteiger partial charge on any atom is -0.465 e. The second kappa shape index (κ2) is 10.2.